The van der Waals surface area contributed by atoms with E-state index in [1.807, 2.05) is 18.2 Å². The van der Waals surface area contributed by atoms with Crippen LogP contribution in [-0.4, -0.2) is 10.0 Å². The van der Waals surface area contributed by atoms with Crippen molar-refractivity contribution in [2.24, 2.45) is 0 Å². The predicted molar refractivity (Wildman–Crippen MR) is 70.1 cm³/mol. The summed E-state index contributed by atoms with van der Waals surface area (Å²) in [5.41, 5.74) is 1.81. The van der Waals surface area contributed by atoms with E-state index in [1.54, 1.807) is 30.3 Å². The summed E-state index contributed by atoms with van der Waals surface area (Å²) in [6.07, 6.45) is 3.67. The van der Waals surface area contributed by atoms with Crippen molar-refractivity contribution in [2.45, 2.75) is 0 Å². The Bertz CT molecular complexity index is 588. The third-order valence-corrected chi connectivity index (χ3v) is 2.44. The van der Waals surface area contributed by atoms with Crippen LogP contribution in [0.2, 0.25) is 0 Å². The number of benzene rings is 2. The van der Waals surface area contributed by atoms with Crippen molar-refractivity contribution in [2.75, 3.05) is 0 Å². The molecule has 0 atom stereocenters. The van der Waals surface area contributed by atoms with Gasteiger partial charge in [0, 0.05) is 12.1 Å². The van der Waals surface area contributed by atoms with Gasteiger partial charge in [0.05, 0.1) is 4.92 Å². The van der Waals surface area contributed by atoms with Crippen molar-refractivity contribution < 1.29 is 10.0 Å². The molecule has 4 nitrogen and oxygen atoms in total. The number of nitrogens with zero attached hydrogens (tertiary/aromatic N) is 1. The lowest BCUT2D eigenvalue weighted by Gasteiger charge is -1.96. The lowest BCUT2D eigenvalue weighted by Crippen LogP contribution is -1.86. The van der Waals surface area contributed by atoms with Gasteiger partial charge in [-0.1, -0.05) is 24.3 Å². The molecular weight excluding hydrogens is 230 g/mol. The first kappa shape index (κ1) is 11.9. The van der Waals surface area contributed by atoms with Gasteiger partial charge >= 0.3 is 0 Å². The monoisotopic (exact) mass is 241 g/mol. The molecule has 0 saturated carbocycles. The summed E-state index contributed by atoms with van der Waals surface area (Å²) in [6.45, 7) is 0. The van der Waals surface area contributed by atoms with E-state index in [2.05, 4.69) is 0 Å². The average Bonchev–Trinajstić information content (AvgIpc) is 2.37. The minimum absolute atomic E-state index is 0.0736. The van der Waals surface area contributed by atoms with Gasteiger partial charge in [-0.2, -0.15) is 0 Å². The molecule has 4 heteroatoms. The van der Waals surface area contributed by atoms with Gasteiger partial charge in [-0.15, -0.1) is 0 Å². The van der Waals surface area contributed by atoms with Crippen LogP contribution in [0.5, 0.6) is 5.75 Å². The Morgan fingerprint density at radius 3 is 2.28 bits per heavy atom. The molecule has 0 fully saturated rings. The molecule has 2 rings (SSSR count). The van der Waals surface area contributed by atoms with Crippen LogP contribution in [0.1, 0.15) is 11.1 Å². The van der Waals surface area contributed by atoms with Crippen LogP contribution in [0.15, 0.2) is 48.5 Å². The number of hydrogen-bond donors (Lipinski definition) is 1. The molecule has 0 unspecified atom stereocenters. The summed E-state index contributed by atoms with van der Waals surface area (Å²) in [4.78, 5) is 10.1. The van der Waals surface area contributed by atoms with Gasteiger partial charge in [-0.3, -0.25) is 10.1 Å². The summed E-state index contributed by atoms with van der Waals surface area (Å²) < 4.78 is 0. The fourth-order valence-electron chi connectivity index (χ4n) is 1.53. The first-order chi connectivity index (χ1) is 8.65. The van der Waals surface area contributed by atoms with E-state index in [0.29, 0.717) is 0 Å². The number of aromatic hydroxyl groups is 1. The van der Waals surface area contributed by atoms with E-state index in [1.165, 1.54) is 12.1 Å². The normalized spacial score (nSPS) is 10.7. The molecule has 2 aromatic carbocycles. The Morgan fingerprint density at radius 1 is 1.00 bits per heavy atom. The van der Waals surface area contributed by atoms with Gasteiger partial charge in [0.1, 0.15) is 5.75 Å². The van der Waals surface area contributed by atoms with Crippen LogP contribution in [0.3, 0.4) is 0 Å². The quantitative estimate of drug-likeness (QED) is 0.508. The van der Waals surface area contributed by atoms with Crippen LogP contribution in [0.25, 0.3) is 12.2 Å². The minimum atomic E-state index is -0.428. The molecule has 18 heavy (non-hydrogen) atoms. The second-order valence-electron chi connectivity index (χ2n) is 3.78. The van der Waals surface area contributed by atoms with Crippen LogP contribution in [-0.2, 0) is 0 Å². The van der Waals surface area contributed by atoms with Gasteiger partial charge in [0.15, 0.2) is 0 Å². The predicted octanol–water partition coefficient (Wildman–Crippen LogP) is 3.47. The van der Waals surface area contributed by atoms with Crippen LogP contribution in [0.4, 0.5) is 5.69 Å². The smallest absolute Gasteiger partial charge is 0.269 e. The average molecular weight is 241 g/mol. The zero-order chi connectivity index (χ0) is 13.0. The Kier molecular flexibility index (Phi) is 3.38. The van der Waals surface area contributed by atoms with E-state index in [9.17, 15) is 15.2 Å². The third kappa shape index (κ3) is 2.95. The molecule has 1 N–H and O–H groups in total. The van der Waals surface area contributed by atoms with Gasteiger partial charge in [0.25, 0.3) is 5.69 Å². The highest BCUT2D eigenvalue weighted by molar-refractivity contribution is 5.70. The van der Waals surface area contributed by atoms with Crippen molar-refractivity contribution >= 4 is 17.8 Å². The molecule has 90 valence electrons. The standard InChI is InChI=1S/C14H11NO3/c16-14-3-1-2-12(10-14)5-4-11-6-8-13(9-7-11)15(17)18/h1-10,16H. The molecule has 0 heterocycles. The first-order valence-corrected chi connectivity index (χ1v) is 5.37. The highest BCUT2D eigenvalue weighted by Gasteiger charge is 2.02. The molecule has 0 aliphatic heterocycles. The summed E-state index contributed by atoms with van der Waals surface area (Å²) in [5, 5.41) is 19.8. The van der Waals surface area contributed by atoms with Gasteiger partial charge in [0.2, 0.25) is 0 Å². The number of non-ortho nitro benzene ring substituents is 1. The number of phenolic OH excluding ortho intramolecular Hbond substituents is 1. The molecule has 0 aliphatic carbocycles. The number of phenols is 1. The fraction of sp³-hybridized carbons (Fsp3) is 0. The van der Waals surface area contributed by atoms with Gasteiger partial charge in [-0.25, -0.2) is 0 Å². The molecular formula is C14H11NO3. The summed E-state index contributed by atoms with van der Waals surface area (Å²) in [5.74, 6) is 0.209. The minimum Gasteiger partial charge on any atom is -0.508 e. The Labute approximate surface area is 104 Å². The lowest BCUT2D eigenvalue weighted by atomic mass is 10.1. The van der Waals surface area contributed by atoms with E-state index >= 15 is 0 Å². The lowest BCUT2D eigenvalue weighted by molar-refractivity contribution is -0.384. The largest absolute Gasteiger partial charge is 0.508 e. The molecule has 0 spiro atoms. The molecule has 0 bridgehead atoms. The SMILES string of the molecule is O=[N+]([O-])c1ccc(C=Cc2cccc(O)c2)cc1. The number of nitro benzene ring substituents is 1. The molecule has 0 radical (unpaired) electrons. The maximum absolute atomic E-state index is 10.5. The van der Waals surface area contributed by atoms with Crippen molar-refractivity contribution in [3.8, 4) is 5.75 Å². The summed E-state index contributed by atoms with van der Waals surface area (Å²) in [7, 11) is 0. The first-order valence-electron chi connectivity index (χ1n) is 5.37. The van der Waals surface area contributed by atoms with E-state index in [0.717, 1.165) is 11.1 Å². The zero-order valence-electron chi connectivity index (χ0n) is 9.48. The number of rotatable bonds is 3. The topological polar surface area (TPSA) is 63.4 Å². The molecule has 2 aromatic rings. The van der Waals surface area contributed by atoms with E-state index in [-0.39, 0.29) is 11.4 Å². The maximum Gasteiger partial charge on any atom is 0.269 e. The van der Waals surface area contributed by atoms with Crippen LogP contribution < -0.4 is 0 Å². The third-order valence-electron chi connectivity index (χ3n) is 2.44. The molecule has 0 amide bonds. The molecule has 0 aliphatic rings. The Balaban J connectivity index is 2.16. The zero-order valence-corrected chi connectivity index (χ0v) is 9.48. The van der Waals surface area contributed by atoms with Crippen molar-refractivity contribution in [3.05, 3.63) is 69.8 Å². The molecule has 0 aromatic heterocycles. The summed E-state index contributed by atoms with van der Waals surface area (Å²) in [6, 6.07) is 13.1. The Hall–Kier alpha value is -2.62. The second-order valence-corrected chi connectivity index (χ2v) is 3.78. The number of hydrogen-bond acceptors (Lipinski definition) is 3. The summed E-state index contributed by atoms with van der Waals surface area (Å²) >= 11 is 0. The second kappa shape index (κ2) is 5.14. The number of nitro groups is 1. The highest BCUT2D eigenvalue weighted by Crippen LogP contribution is 2.16. The van der Waals surface area contributed by atoms with E-state index < -0.39 is 4.92 Å². The van der Waals surface area contributed by atoms with Gasteiger partial charge < -0.3 is 5.11 Å². The highest BCUT2D eigenvalue weighted by atomic mass is 16.6. The fourth-order valence-corrected chi connectivity index (χ4v) is 1.53. The van der Waals surface area contributed by atoms with Gasteiger partial charge in [-0.05, 0) is 35.4 Å². The Morgan fingerprint density at radius 2 is 1.67 bits per heavy atom. The van der Waals surface area contributed by atoms with E-state index in [4.69, 9.17) is 0 Å². The van der Waals surface area contributed by atoms with Crippen molar-refractivity contribution in [1.29, 1.82) is 0 Å². The van der Waals surface area contributed by atoms with Crippen molar-refractivity contribution in [3.63, 3.8) is 0 Å². The van der Waals surface area contributed by atoms with Crippen LogP contribution >= 0.6 is 0 Å². The van der Waals surface area contributed by atoms with Crippen LogP contribution in [0, 0.1) is 10.1 Å². The van der Waals surface area contributed by atoms with Crippen molar-refractivity contribution in [1.82, 2.24) is 0 Å². The molecule has 0 saturated heterocycles. The maximum atomic E-state index is 10.5.